The summed E-state index contributed by atoms with van der Waals surface area (Å²) in [5.74, 6) is 0.456. The van der Waals surface area contributed by atoms with Gasteiger partial charge in [0.25, 0.3) is 10.0 Å². The van der Waals surface area contributed by atoms with Gasteiger partial charge in [0.05, 0.1) is 17.1 Å². The number of anilines is 1. The molecule has 0 fully saturated rings. The van der Waals surface area contributed by atoms with E-state index in [4.69, 9.17) is 0 Å². The van der Waals surface area contributed by atoms with Crippen LogP contribution in [0.25, 0.3) is 0 Å². The molecule has 110 valence electrons. The fraction of sp³-hybridized carbons (Fsp3) is 0.250. The van der Waals surface area contributed by atoms with Crippen molar-refractivity contribution in [2.45, 2.75) is 31.2 Å². The molecule has 0 atom stereocenters. The maximum absolute atomic E-state index is 12.3. The van der Waals surface area contributed by atoms with Gasteiger partial charge in [-0.15, -0.1) is 4.83 Å². The molecule has 1 aliphatic rings. The van der Waals surface area contributed by atoms with Crippen LogP contribution in [0.5, 0.6) is 0 Å². The molecule has 2 aromatic rings. The molecule has 1 N–H and O–H groups in total. The van der Waals surface area contributed by atoms with Crippen molar-refractivity contribution in [3.63, 3.8) is 0 Å². The van der Waals surface area contributed by atoms with Crippen LogP contribution in [-0.4, -0.2) is 8.42 Å². The molecule has 21 heavy (non-hydrogen) atoms. The van der Waals surface area contributed by atoms with E-state index in [-0.39, 0.29) is 0 Å². The van der Waals surface area contributed by atoms with Gasteiger partial charge in [0, 0.05) is 0 Å². The average molecular weight is 302 g/mol. The van der Waals surface area contributed by atoms with E-state index < -0.39 is 10.0 Å². The number of rotatable bonds is 2. The predicted octanol–water partition coefficient (Wildman–Crippen LogP) is 3.02. The zero-order valence-corrected chi connectivity index (χ0v) is 12.9. The van der Waals surface area contributed by atoms with Gasteiger partial charge in [-0.05, 0) is 35.2 Å². The largest absolute Gasteiger partial charge is 0.290 e. The second-order valence-electron chi connectivity index (χ2n) is 5.53. The Bertz CT molecular complexity index is 752. The lowest BCUT2D eigenvalue weighted by atomic mass is 10.0. The molecule has 0 aromatic heterocycles. The Labute approximate surface area is 125 Å². The smallest absolute Gasteiger partial charge is 0.257 e. The van der Waals surface area contributed by atoms with E-state index >= 15 is 0 Å². The molecular weight excluding hydrogens is 284 g/mol. The molecule has 0 bridgehead atoms. The Hall–Kier alpha value is -1.85. The van der Waals surface area contributed by atoms with Crippen molar-refractivity contribution >= 4 is 15.7 Å². The molecule has 0 aliphatic carbocycles. The van der Waals surface area contributed by atoms with Gasteiger partial charge in [-0.1, -0.05) is 44.2 Å². The van der Waals surface area contributed by atoms with Crippen LogP contribution in [0.2, 0.25) is 0 Å². The van der Waals surface area contributed by atoms with Crippen molar-refractivity contribution in [2.75, 3.05) is 5.01 Å². The van der Waals surface area contributed by atoms with Crippen LogP contribution >= 0.6 is 0 Å². The Balaban J connectivity index is 1.95. The van der Waals surface area contributed by atoms with Crippen molar-refractivity contribution < 1.29 is 8.42 Å². The molecule has 0 unspecified atom stereocenters. The third-order valence-electron chi connectivity index (χ3n) is 3.69. The number of nitrogens with zero attached hydrogens (tertiary/aromatic N) is 1. The van der Waals surface area contributed by atoms with E-state index in [2.05, 4.69) is 18.7 Å². The van der Waals surface area contributed by atoms with E-state index in [1.807, 2.05) is 36.4 Å². The molecule has 0 amide bonds. The number of nitrogens with one attached hydrogen (secondary N) is 1. The second kappa shape index (κ2) is 5.16. The highest BCUT2D eigenvalue weighted by atomic mass is 32.2. The van der Waals surface area contributed by atoms with Crippen LogP contribution < -0.4 is 9.84 Å². The lowest BCUT2D eigenvalue weighted by Crippen LogP contribution is -2.45. The van der Waals surface area contributed by atoms with Crippen LogP contribution in [-0.2, 0) is 16.6 Å². The SMILES string of the molecule is CC(C)c1ccc(N2Cc3ccccc3S(=O)(=O)N2)cc1. The third-order valence-corrected chi connectivity index (χ3v) is 5.13. The molecule has 4 nitrogen and oxygen atoms in total. The first kappa shape index (κ1) is 14.1. The van der Waals surface area contributed by atoms with Crippen molar-refractivity contribution in [1.29, 1.82) is 0 Å². The van der Waals surface area contributed by atoms with E-state index in [1.165, 1.54) is 5.56 Å². The summed E-state index contributed by atoms with van der Waals surface area (Å²) in [6.07, 6.45) is 0. The summed E-state index contributed by atoms with van der Waals surface area (Å²) >= 11 is 0. The number of sulfonamides is 1. The number of fused-ring (bicyclic) bond motifs is 1. The normalized spacial score (nSPS) is 16.8. The van der Waals surface area contributed by atoms with Crippen LogP contribution in [0.3, 0.4) is 0 Å². The molecule has 1 aliphatic heterocycles. The van der Waals surface area contributed by atoms with Crippen LogP contribution in [0.15, 0.2) is 53.4 Å². The quantitative estimate of drug-likeness (QED) is 0.927. The first-order chi connectivity index (χ1) is 9.97. The van der Waals surface area contributed by atoms with Gasteiger partial charge in [0.15, 0.2) is 0 Å². The predicted molar refractivity (Wildman–Crippen MR) is 83.5 cm³/mol. The van der Waals surface area contributed by atoms with Gasteiger partial charge in [0.1, 0.15) is 0 Å². The monoisotopic (exact) mass is 302 g/mol. The lowest BCUT2D eigenvalue weighted by Gasteiger charge is -2.30. The average Bonchev–Trinajstić information content (AvgIpc) is 2.46. The molecule has 1 heterocycles. The fourth-order valence-corrected chi connectivity index (χ4v) is 3.77. The molecule has 0 saturated heterocycles. The Morgan fingerprint density at radius 1 is 1.05 bits per heavy atom. The van der Waals surface area contributed by atoms with Gasteiger partial charge < -0.3 is 0 Å². The third kappa shape index (κ3) is 2.66. The molecular formula is C16H18N2O2S. The van der Waals surface area contributed by atoms with Crippen LogP contribution in [0, 0.1) is 0 Å². The first-order valence-electron chi connectivity index (χ1n) is 6.95. The number of benzene rings is 2. The Morgan fingerprint density at radius 3 is 2.38 bits per heavy atom. The standard InChI is InChI=1S/C16H18N2O2S/c1-12(2)13-7-9-15(10-8-13)18-11-14-5-3-4-6-16(14)21(19,20)17-18/h3-10,12,17H,11H2,1-2H3. The summed E-state index contributed by atoms with van der Waals surface area (Å²) in [6.45, 7) is 4.79. The first-order valence-corrected chi connectivity index (χ1v) is 8.43. The topological polar surface area (TPSA) is 49.4 Å². The lowest BCUT2D eigenvalue weighted by molar-refractivity contribution is 0.564. The van der Waals surface area contributed by atoms with Crippen LogP contribution in [0.1, 0.15) is 30.9 Å². The summed E-state index contributed by atoms with van der Waals surface area (Å²) in [5.41, 5.74) is 2.89. The summed E-state index contributed by atoms with van der Waals surface area (Å²) < 4.78 is 24.6. The zero-order valence-electron chi connectivity index (χ0n) is 12.1. The summed E-state index contributed by atoms with van der Waals surface area (Å²) in [4.78, 5) is 2.98. The molecule has 2 aromatic carbocycles. The second-order valence-corrected chi connectivity index (χ2v) is 7.16. The van der Waals surface area contributed by atoms with Gasteiger partial charge in [0.2, 0.25) is 0 Å². The van der Waals surface area contributed by atoms with Crippen molar-refractivity contribution in [3.8, 4) is 0 Å². The van der Waals surface area contributed by atoms with Crippen molar-refractivity contribution in [3.05, 3.63) is 59.7 Å². The van der Waals surface area contributed by atoms with E-state index in [0.717, 1.165) is 11.3 Å². The number of hydrogen-bond donors (Lipinski definition) is 1. The highest BCUT2D eigenvalue weighted by molar-refractivity contribution is 7.89. The van der Waals surface area contributed by atoms with E-state index in [9.17, 15) is 8.42 Å². The number of hydrogen-bond acceptors (Lipinski definition) is 3. The number of hydrazine groups is 1. The Kier molecular flexibility index (Phi) is 3.47. The highest BCUT2D eigenvalue weighted by Gasteiger charge is 2.27. The molecule has 0 spiro atoms. The minimum atomic E-state index is -3.49. The minimum Gasteiger partial charge on any atom is -0.290 e. The fourth-order valence-electron chi connectivity index (χ4n) is 2.48. The van der Waals surface area contributed by atoms with E-state index in [1.54, 1.807) is 17.1 Å². The Morgan fingerprint density at radius 2 is 1.71 bits per heavy atom. The zero-order chi connectivity index (χ0) is 15.0. The van der Waals surface area contributed by atoms with Crippen molar-refractivity contribution in [1.82, 2.24) is 4.83 Å². The highest BCUT2D eigenvalue weighted by Crippen LogP contribution is 2.27. The van der Waals surface area contributed by atoms with Gasteiger partial charge in [-0.2, -0.15) is 0 Å². The molecule has 5 heteroatoms. The molecule has 0 radical (unpaired) electrons. The van der Waals surface area contributed by atoms with Crippen LogP contribution in [0.4, 0.5) is 5.69 Å². The maximum Gasteiger partial charge on any atom is 0.257 e. The van der Waals surface area contributed by atoms with Crippen molar-refractivity contribution in [2.24, 2.45) is 0 Å². The molecule has 3 rings (SSSR count). The van der Waals surface area contributed by atoms with Gasteiger partial charge in [-0.3, -0.25) is 5.01 Å². The minimum absolute atomic E-state index is 0.361. The summed E-state index contributed by atoms with van der Waals surface area (Å²) in [7, 11) is -3.49. The maximum atomic E-state index is 12.3. The molecule has 0 saturated carbocycles. The van der Waals surface area contributed by atoms with Gasteiger partial charge in [-0.25, -0.2) is 8.42 Å². The summed E-state index contributed by atoms with van der Waals surface area (Å²) in [6, 6.07) is 15.1. The van der Waals surface area contributed by atoms with E-state index in [0.29, 0.717) is 17.4 Å². The van der Waals surface area contributed by atoms with Gasteiger partial charge >= 0.3 is 0 Å². The summed E-state index contributed by atoms with van der Waals surface area (Å²) in [5, 5.41) is 1.67.